The van der Waals surface area contributed by atoms with Crippen LogP contribution in [0.25, 0.3) is 0 Å². The lowest BCUT2D eigenvalue weighted by Gasteiger charge is -2.05. The Hall–Kier alpha value is -0.180. The molecular weight excluding hydrogens is 228 g/mol. The highest BCUT2D eigenvalue weighted by Gasteiger charge is 2.17. The summed E-state index contributed by atoms with van der Waals surface area (Å²) in [7, 11) is 0. The molecule has 1 heterocycles. The zero-order valence-electron chi connectivity index (χ0n) is 11.7. The van der Waals surface area contributed by atoms with E-state index in [2.05, 4.69) is 31.1 Å². The minimum Gasteiger partial charge on any atom is -0.361 e. The molecule has 0 aromatic rings. The second kappa shape index (κ2) is 8.84. The van der Waals surface area contributed by atoms with Crippen molar-refractivity contribution in [2.45, 2.75) is 65.3 Å². The largest absolute Gasteiger partial charge is 0.361 e. The summed E-state index contributed by atoms with van der Waals surface area (Å²) in [5.74, 6) is 2.06. The normalized spacial score (nSPS) is 22.4. The topological polar surface area (TPSA) is 24.4 Å². The Morgan fingerprint density at radius 2 is 2.06 bits per heavy atom. The molecule has 0 radical (unpaired) electrons. The molecule has 0 spiro atoms. The molecule has 0 aromatic carbocycles. The van der Waals surface area contributed by atoms with E-state index in [1.165, 1.54) is 49.4 Å². The molecule has 100 valence electrons. The van der Waals surface area contributed by atoms with Gasteiger partial charge in [0.2, 0.25) is 0 Å². The average Bonchev–Trinajstić information content (AvgIpc) is 2.75. The number of thioether (sulfide) groups is 1. The molecule has 1 aliphatic heterocycles. The monoisotopic (exact) mass is 256 g/mol. The van der Waals surface area contributed by atoms with Crippen LogP contribution in [0.3, 0.4) is 0 Å². The van der Waals surface area contributed by atoms with Gasteiger partial charge in [0.25, 0.3) is 0 Å². The highest BCUT2D eigenvalue weighted by Crippen LogP contribution is 2.16. The Balaban J connectivity index is 1.95. The molecule has 0 amide bonds. The number of nitrogens with one attached hydrogen (secondary N) is 1. The van der Waals surface area contributed by atoms with Crippen LogP contribution in [0, 0.1) is 5.92 Å². The molecule has 17 heavy (non-hydrogen) atoms. The predicted octanol–water partition coefficient (Wildman–Crippen LogP) is 4.06. The molecule has 1 N–H and O–H groups in total. The molecule has 0 saturated carbocycles. The molecule has 1 saturated heterocycles. The SMILES string of the molecule is CCC1CSC(=NCCCCCCC(C)C)N1. The predicted molar refractivity (Wildman–Crippen MR) is 79.9 cm³/mol. The smallest absolute Gasteiger partial charge is 0.156 e. The number of unbranched alkanes of at least 4 members (excludes halogenated alkanes) is 3. The minimum absolute atomic E-state index is 0.657. The maximum absolute atomic E-state index is 4.62. The quantitative estimate of drug-likeness (QED) is 0.662. The third-order valence-corrected chi connectivity index (χ3v) is 4.28. The van der Waals surface area contributed by atoms with Gasteiger partial charge in [-0.05, 0) is 18.8 Å². The standard InChI is InChI=1S/C14H28N2S/c1-4-13-11-17-14(16-13)15-10-8-6-5-7-9-12(2)3/h12-13H,4-11H2,1-3H3,(H,15,16). The second-order valence-corrected chi connectivity index (χ2v) is 6.35. The molecule has 1 fully saturated rings. The van der Waals surface area contributed by atoms with E-state index in [0.29, 0.717) is 6.04 Å². The molecule has 1 atom stereocenters. The van der Waals surface area contributed by atoms with E-state index in [9.17, 15) is 0 Å². The van der Waals surface area contributed by atoms with Crippen molar-refractivity contribution in [3.8, 4) is 0 Å². The van der Waals surface area contributed by atoms with E-state index in [4.69, 9.17) is 0 Å². The van der Waals surface area contributed by atoms with Crippen LogP contribution < -0.4 is 5.32 Å². The summed E-state index contributed by atoms with van der Waals surface area (Å²) >= 11 is 1.89. The van der Waals surface area contributed by atoms with Gasteiger partial charge in [0.15, 0.2) is 5.17 Å². The summed E-state index contributed by atoms with van der Waals surface area (Å²) in [6, 6.07) is 0.657. The van der Waals surface area contributed by atoms with Crippen molar-refractivity contribution >= 4 is 16.9 Å². The Morgan fingerprint density at radius 1 is 1.29 bits per heavy atom. The third kappa shape index (κ3) is 6.97. The van der Waals surface area contributed by atoms with Gasteiger partial charge in [0, 0.05) is 18.3 Å². The van der Waals surface area contributed by atoms with E-state index in [0.717, 1.165) is 12.5 Å². The highest BCUT2D eigenvalue weighted by molar-refractivity contribution is 8.14. The first-order chi connectivity index (χ1) is 8.22. The lowest BCUT2D eigenvalue weighted by Crippen LogP contribution is -2.25. The zero-order chi connectivity index (χ0) is 12.5. The van der Waals surface area contributed by atoms with Crippen LogP contribution in [-0.2, 0) is 0 Å². The first-order valence-electron chi connectivity index (χ1n) is 7.16. The van der Waals surface area contributed by atoms with Crippen molar-refractivity contribution in [2.24, 2.45) is 10.9 Å². The summed E-state index contributed by atoms with van der Waals surface area (Å²) in [5.41, 5.74) is 0. The number of amidine groups is 1. The third-order valence-electron chi connectivity index (χ3n) is 3.19. The van der Waals surface area contributed by atoms with Crippen molar-refractivity contribution in [3.63, 3.8) is 0 Å². The summed E-state index contributed by atoms with van der Waals surface area (Å²) in [6.45, 7) is 7.85. The molecule has 0 aliphatic carbocycles. The Morgan fingerprint density at radius 3 is 2.71 bits per heavy atom. The highest BCUT2D eigenvalue weighted by atomic mass is 32.2. The van der Waals surface area contributed by atoms with Crippen LogP contribution in [0.1, 0.15) is 59.3 Å². The van der Waals surface area contributed by atoms with Crippen LogP contribution in [0.15, 0.2) is 4.99 Å². The lowest BCUT2D eigenvalue weighted by molar-refractivity contribution is 0.521. The minimum atomic E-state index is 0.657. The molecule has 2 nitrogen and oxygen atoms in total. The van der Waals surface area contributed by atoms with Crippen molar-refractivity contribution in [2.75, 3.05) is 12.3 Å². The van der Waals surface area contributed by atoms with Crippen molar-refractivity contribution in [1.29, 1.82) is 0 Å². The molecule has 0 aromatic heterocycles. The maximum atomic E-state index is 4.62. The zero-order valence-corrected chi connectivity index (χ0v) is 12.5. The Labute approximate surface area is 111 Å². The van der Waals surface area contributed by atoms with E-state index in [1.54, 1.807) is 0 Å². The maximum Gasteiger partial charge on any atom is 0.156 e. The van der Waals surface area contributed by atoms with Gasteiger partial charge in [-0.2, -0.15) is 0 Å². The van der Waals surface area contributed by atoms with Crippen LogP contribution >= 0.6 is 11.8 Å². The fraction of sp³-hybridized carbons (Fsp3) is 0.929. The lowest BCUT2D eigenvalue weighted by atomic mass is 10.0. The summed E-state index contributed by atoms with van der Waals surface area (Å²) in [4.78, 5) is 4.62. The molecule has 1 rings (SSSR count). The Kier molecular flexibility index (Phi) is 7.74. The number of rotatable bonds is 8. The molecule has 1 unspecified atom stereocenters. The summed E-state index contributed by atoms with van der Waals surface area (Å²) < 4.78 is 0. The van der Waals surface area contributed by atoms with Crippen LogP contribution in [0.2, 0.25) is 0 Å². The second-order valence-electron chi connectivity index (χ2n) is 5.34. The van der Waals surface area contributed by atoms with Gasteiger partial charge < -0.3 is 5.32 Å². The van der Waals surface area contributed by atoms with Crippen molar-refractivity contribution < 1.29 is 0 Å². The van der Waals surface area contributed by atoms with Gasteiger partial charge in [-0.1, -0.05) is 58.2 Å². The number of nitrogens with zero attached hydrogens (tertiary/aromatic N) is 1. The van der Waals surface area contributed by atoms with Gasteiger partial charge in [-0.3, -0.25) is 4.99 Å². The van der Waals surface area contributed by atoms with E-state index in [-0.39, 0.29) is 0 Å². The molecule has 0 bridgehead atoms. The average molecular weight is 256 g/mol. The van der Waals surface area contributed by atoms with Crippen LogP contribution in [0.4, 0.5) is 0 Å². The van der Waals surface area contributed by atoms with Crippen LogP contribution in [0.5, 0.6) is 0 Å². The number of hydrogen-bond donors (Lipinski definition) is 1. The van der Waals surface area contributed by atoms with Gasteiger partial charge in [-0.15, -0.1) is 0 Å². The van der Waals surface area contributed by atoms with Gasteiger partial charge in [-0.25, -0.2) is 0 Å². The van der Waals surface area contributed by atoms with Crippen LogP contribution in [-0.4, -0.2) is 23.5 Å². The summed E-state index contributed by atoms with van der Waals surface area (Å²) in [6.07, 6.45) is 7.94. The fourth-order valence-corrected chi connectivity index (χ4v) is 3.06. The van der Waals surface area contributed by atoms with E-state index in [1.807, 2.05) is 11.8 Å². The van der Waals surface area contributed by atoms with Crippen molar-refractivity contribution in [3.05, 3.63) is 0 Å². The number of aliphatic imine (C=N–C) groups is 1. The molecule has 3 heteroatoms. The van der Waals surface area contributed by atoms with E-state index < -0.39 is 0 Å². The van der Waals surface area contributed by atoms with Gasteiger partial charge in [0.05, 0.1) is 0 Å². The van der Waals surface area contributed by atoms with Gasteiger partial charge in [0.1, 0.15) is 0 Å². The Bertz CT molecular complexity index is 226. The fourth-order valence-electron chi connectivity index (χ4n) is 1.95. The number of hydrogen-bond acceptors (Lipinski definition) is 2. The summed E-state index contributed by atoms with van der Waals surface area (Å²) in [5, 5.41) is 4.65. The first kappa shape index (κ1) is 14.9. The molecular formula is C14H28N2S. The van der Waals surface area contributed by atoms with Gasteiger partial charge >= 0.3 is 0 Å². The van der Waals surface area contributed by atoms with E-state index >= 15 is 0 Å². The first-order valence-corrected chi connectivity index (χ1v) is 8.14. The van der Waals surface area contributed by atoms with Crippen molar-refractivity contribution in [1.82, 2.24) is 5.32 Å². The molecule has 1 aliphatic rings.